The summed E-state index contributed by atoms with van der Waals surface area (Å²) in [5, 5.41) is 11.1. The van der Waals surface area contributed by atoms with E-state index in [2.05, 4.69) is 32.1 Å². The van der Waals surface area contributed by atoms with Gasteiger partial charge in [0.2, 0.25) is 0 Å². The molecule has 19 heavy (non-hydrogen) atoms. The highest BCUT2D eigenvalue weighted by Crippen LogP contribution is 2.20. The number of nitrogens with zero attached hydrogens (tertiary/aromatic N) is 5. The first-order valence-corrected chi connectivity index (χ1v) is 6.56. The van der Waals surface area contributed by atoms with E-state index in [4.69, 9.17) is 5.26 Å². The Morgan fingerprint density at radius 3 is 2.89 bits per heavy atom. The van der Waals surface area contributed by atoms with E-state index in [1.54, 1.807) is 6.07 Å². The minimum absolute atomic E-state index is 0.544. The Bertz CT molecular complexity index is 447. The van der Waals surface area contributed by atoms with Crippen LogP contribution >= 0.6 is 0 Å². The highest BCUT2D eigenvalue weighted by Gasteiger charge is 2.18. The van der Waals surface area contributed by atoms with Gasteiger partial charge < -0.3 is 9.80 Å². The summed E-state index contributed by atoms with van der Waals surface area (Å²) in [7, 11) is 4.21. The minimum Gasteiger partial charge on any atom is -0.359 e. The first kappa shape index (κ1) is 13.6. The normalized spacial score (nSPS) is 16.9. The molecule has 1 aliphatic rings. The van der Waals surface area contributed by atoms with Gasteiger partial charge in [-0.05, 0) is 38.9 Å². The lowest BCUT2D eigenvalue weighted by Crippen LogP contribution is -2.36. The third-order valence-electron chi connectivity index (χ3n) is 3.60. The maximum atomic E-state index is 8.60. The van der Waals surface area contributed by atoms with Gasteiger partial charge in [-0.2, -0.15) is 5.26 Å². The van der Waals surface area contributed by atoms with Gasteiger partial charge in [-0.15, -0.1) is 0 Å². The van der Waals surface area contributed by atoms with Crippen LogP contribution in [0.25, 0.3) is 0 Å². The van der Waals surface area contributed by atoms with E-state index in [9.17, 15) is 0 Å². The number of likely N-dealkylation sites (tertiary alicyclic amines) is 1. The molecule has 2 rings (SSSR count). The van der Waals surface area contributed by atoms with Crippen LogP contribution in [0.2, 0.25) is 0 Å². The zero-order valence-electron chi connectivity index (χ0n) is 11.5. The van der Waals surface area contributed by atoms with E-state index in [1.165, 1.54) is 32.3 Å². The second-order valence-corrected chi connectivity index (χ2v) is 5.13. The maximum Gasteiger partial charge on any atom is 0.182 e. The number of nitriles is 1. The van der Waals surface area contributed by atoms with Crippen LogP contribution in [0.15, 0.2) is 12.4 Å². The first-order valence-electron chi connectivity index (χ1n) is 6.56. The smallest absolute Gasteiger partial charge is 0.182 e. The summed E-state index contributed by atoms with van der Waals surface area (Å²) in [4.78, 5) is 12.8. The zero-order chi connectivity index (χ0) is 13.7. The third-order valence-corrected chi connectivity index (χ3v) is 3.60. The van der Waals surface area contributed by atoms with Crippen molar-refractivity contribution in [3.05, 3.63) is 12.4 Å². The lowest BCUT2D eigenvalue weighted by Gasteiger charge is -2.32. The molecule has 0 aliphatic carbocycles. The van der Waals surface area contributed by atoms with Crippen molar-refractivity contribution >= 4 is 11.6 Å². The Morgan fingerprint density at radius 1 is 1.47 bits per heavy atom. The van der Waals surface area contributed by atoms with Crippen LogP contribution in [-0.4, -0.2) is 48.6 Å². The van der Waals surface area contributed by atoms with E-state index < -0.39 is 0 Å². The molecule has 0 aromatic carbocycles. The molecule has 102 valence electrons. The van der Waals surface area contributed by atoms with Crippen molar-refractivity contribution in [2.75, 3.05) is 43.9 Å². The third kappa shape index (κ3) is 3.80. The molecular formula is C13H20N6. The predicted molar refractivity (Wildman–Crippen MR) is 74.8 cm³/mol. The largest absolute Gasteiger partial charge is 0.359 e. The highest BCUT2D eigenvalue weighted by molar-refractivity contribution is 5.49. The number of anilines is 2. The molecule has 2 heterocycles. The molecule has 1 fully saturated rings. The first-order chi connectivity index (χ1) is 9.19. The van der Waals surface area contributed by atoms with Crippen LogP contribution in [0, 0.1) is 17.4 Å². The van der Waals surface area contributed by atoms with E-state index in [1.807, 2.05) is 13.2 Å². The Kier molecular flexibility index (Phi) is 4.53. The molecule has 1 aliphatic heterocycles. The van der Waals surface area contributed by atoms with Crippen LogP contribution in [0.5, 0.6) is 0 Å². The standard InChI is InChI=1S/C13H20N6/c1-18-5-3-11(4-6-18)8-19(2)13-7-12(15-9-14)16-10-17-13/h7,10-11H,3-6,8H2,1-2H3,(H,15,16,17). The highest BCUT2D eigenvalue weighted by atomic mass is 15.2. The summed E-state index contributed by atoms with van der Waals surface area (Å²) in [5.41, 5.74) is 0. The summed E-state index contributed by atoms with van der Waals surface area (Å²) in [6.07, 6.45) is 5.82. The van der Waals surface area contributed by atoms with Crippen molar-refractivity contribution in [2.24, 2.45) is 5.92 Å². The average molecular weight is 260 g/mol. The molecule has 1 aromatic rings. The van der Waals surface area contributed by atoms with E-state index in [0.29, 0.717) is 11.7 Å². The van der Waals surface area contributed by atoms with Crippen molar-refractivity contribution in [3.63, 3.8) is 0 Å². The lowest BCUT2D eigenvalue weighted by atomic mass is 9.97. The van der Waals surface area contributed by atoms with Crippen LogP contribution in [0.4, 0.5) is 11.6 Å². The molecule has 0 amide bonds. The summed E-state index contributed by atoms with van der Waals surface area (Å²) in [6, 6.07) is 1.80. The molecule has 0 radical (unpaired) electrons. The molecule has 0 atom stereocenters. The number of aromatic nitrogens is 2. The van der Waals surface area contributed by atoms with Crippen molar-refractivity contribution in [3.8, 4) is 6.19 Å². The zero-order valence-corrected chi connectivity index (χ0v) is 11.5. The van der Waals surface area contributed by atoms with Gasteiger partial charge in [0.1, 0.15) is 18.0 Å². The van der Waals surface area contributed by atoms with Crippen molar-refractivity contribution in [1.29, 1.82) is 5.26 Å². The fourth-order valence-electron chi connectivity index (χ4n) is 2.41. The van der Waals surface area contributed by atoms with E-state index in [0.717, 1.165) is 12.4 Å². The molecule has 0 unspecified atom stereocenters. The Balaban J connectivity index is 1.94. The van der Waals surface area contributed by atoms with Gasteiger partial charge in [-0.25, -0.2) is 9.97 Å². The number of nitrogens with one attached hydrogen (secondary N) is 1. The van der Waals surface area contributed by atoms with Crippen LogP contribution in [0.3, 0.4) is 0 Å². The second kappa shape index (κ2) is 6.34. The molecule has 1 aromatic heterocycles. The molecule has 0 saturated carbocycles. The number of hydrogen-bond donors (Lipinski definition) is 1. The van der Waals surface area contributed by atoms with Gasteiger partial charge in [-0.3, -0.25) is 5.32 Å². The van der Waals surface area contributed by atoms with Crippen LogP contribution in [0.1, 0.15) is 12.8 Å². The van der Waals surface area contributed by atoms with Gasteiger partial charge in [0.15, 0.2) is 6.19 Å². The summed E-state index contributed by atoms with van der Waals surface area (Å²) < 4.78 is 0. The topological polar surface area (TPSA) is 68.1 Å². The second-order valence-electron chi connectivity index (χ2n) is 5.13. The molecule has 1 N–H and O–H groups in total. The summed E-state index contributed by atoms with van der Waals surface area (Å²) >= 11 is 0. The number of hydrogen-bond acceptors (Lipinski definition) is 6. The Labute approximate surface area is 114 Å². The summed E-state index contributed by atoms with van der Waals surface area (Å²) in [6.45, 7) is 3.34. The van der Waals surface area contributed by atoms with Crippen molar-refractivity contribution in [2.45, 2.75) is 12.8 Å². The number of piperidine rings is 1. The fraction of sp³-hybridized carbons (Fsp3) is 0.615. The molecule has 6 nitrogen and oxygen atoms in total. The Hall–Kier alpha value is -1.87. The monoisotopic (exact) mass is 260 g/mol. The fourth-order valence-corrected chi connectivity index (χ4v) is 2.41. The molecule has 0 bridgehead atoms. The quantitative estimate of drug-likeness (QED) is 0.647. The molecular weight excluding hydrogens is 240 g/mol. The van der Waals surface area contributed by atoms with Crippen molar-refractivity contribution < 1.29 is 0 Å². The van der Waals surface area contributed by atoms with Gasteiger partial charge in [-0.1, -0.05) is 0 Å². The van der Waals surface area contributed by atoms with E-state index >= 15 is 0 Å². The van der Waals surface area contributed by atoms with Gasteiger partial charge in [0.05, 0.1) is 0 Å². The van der Waals surface area contributed by atoms with Crippen molar-refractivity contribution in [1.82, 2.24) is 14.9 Å². The lowest BCUT2D eigenvalue weighted by molar-refractivity contribution is 0.222. The Morgan fingerprint density at radius 2 is 2.21 bits per heavy atom. The van der Waals surface area contributed by atoms with Crippen LogP contribution in [-0.2, 0) is 0 Å². The SMILES string of the molecule is CN1CCC(CN(C)c2cc(NC#N)ncn2)CC1. The van der Waals surface area contributed by atoms with Gasteiger partial charge in [0, 0.05) is 19.7 Å². The molecule has 6 heteroatoms. The number of rotatable bonds is 4. The molecule has 1 saturated heterocycles. The van der Waals surface area contributed by atoms with Gasteiger partial charge in [0.25, 0.3) is 0 Å². The van der Waals surface area contributed by atoms with Gasteiger partial charge >= 0.3 is 0 Å². The average Bonchev–Trinajstić information content (AvgIpc) is 2.42. The van der Waals surface area contributed by atoms with E-state index in [-0.39, 0.29) is 0 Å². The maximum absolute atomic E-state index is 8.60. The van der Waals surface area contributed by atoms with Crippen LogP contribution < -0.4 is 10.2 Å². The minimum atomic E-state index is 0.544. The molecule has 0 spiro atoms. The predicted octanol–water partition coefficient (Wildman–Crippen LogP) is 1.15. The summed E-state index contributed by atoms with van der Waals surface area (Å²) in [5.74, 6) is 2.11.